The number of hydrogen-bond acceptors (Lipinski definition) is 2. The van der Waals surface area contributed by atoms with Crippen LogP contribution in [0.15, 0.2) is 17.5 Å². The van der Waals surface area contributed by atoms with Gasteiger partial charge in [0.15, 0.2) is 0 Å². The van der Waals surface area contributed by atoms with E-state index in [4.69, 9.17) is 0 Å². The molecular formula is C10H14F3NS. The lowest BCUT2D eigenvalue weighted by Gasteiger charge is -2.22. The molecule has 0 fully saturated rings. The zero-order chi connectivity index (χ0) is 11.5. The maximum absolute atomic E-state index is 12.1. The van der Waals surface area contributed by atoms with Crippen LogP contribution in [0.5, 0.6) is 0 Å². The molecule has 1 rings (SSSR count). The summed E-state index contributed by atoms with van der Waals surface area (Å²) in [6, 6.07) is 3.50. The van der Waals surface area contributed by atoms with Gasteiger partial charge in [0.05, 0.1) is 6.54 Å². The Bertz CT molecular complexity index is 279. The summed E-state index contributed by atoms with van der Waals surface area (Å²) in [6.07, 6.45) is -4.15. The van der Waals surface area contributed by atoms with Crippen LogP contribution in [0.4, 0.5) is 13.2 Å². The average molecular weight is 237 g/mol. The number of hydrogen-bond donors (Lipinski definition) is 1. The molecule has 0 bridgehead atoms. The van der Waals surface area contributed by atoms with Crippen molar-refractivity contribution in [3.8, 4) is 0 Å². The molecule has 1 atom stereocenters. The molecule has 0 radical (unpaired) electrons. The molecule has 0 aliphatic rings. The van der Waals surface area contributed by atoms with Crippen LogP contribution >= 0.6 is 11.3 Å². The van der Waals surface area contributed by atoms with Crippen molar-refractivity contribution in [2.75, 3.05) is 6.54 Å². The summed E-state index contributed by atoms with van der Waals surface area (Å²) in [5, 5.41) is 4.42. The monoisotopic (exact) mass is 237 g/mol. The van der Waals surface area contributed by atoms with Gasteiger partial charge in [0, 0.05) is 10.9 Å². The van der Waals surface area contributed by atoms with Crippen LogP contribution in [-0.2, 0) is 0 Å². The standard InChI is InChI=1S/C10H14F3NS/c1-7(2)9(8-4-3-5-15-8)14-6-10(11,12)13/h3-5,7,9,14H,6H2,1-2H3. The molecule has 15 heavy (non-hydrogen) atoms. The van der Waals surface area contributed by atoms with E-state index >= 15 is 0 Å². The van der Waals surface area contributed by atoms with Crippen molar-refractivity contribution in [2.24, 2.45) is 5.92 Å². The lowest BCUT2D eigenvalue weighted by Crippen LogP contribution is -2.34. The fraction of sp³-hybridized carbons (Fsp3) is 0.600. The highest BCUT2D eigenvalue weighted by atomic mass is 32.1. The maximum atomic E-state index is 12.1. The lowest BCUT2D eigenvalue weighted by molar-refractivity contribution is -0.126. The van der Waals surface area contributed by atoms with E-state index in [0.29, 0.717) is 0 Å². The van der Waals surface area contributed by atoms with Crippen molar-refractivity contribution in [2.45, 2.75) is 26.1 Å². The van der Waals surface area contributed by atoms with Gasteiger partial charge >= 0.3 is 6.18 Å². The first kappa shape index (κ1) is 12.5. The summed E-state index contributed by atoms with van der Waals surface area (Å²) in [5.74, 6) is 0.144. The van der Waals surface area contributed by atoms with Crippen LogP contribution in [-0.4, -0.2) is 12.7 Å². The van der Waals surface area contributed by atoms with Gasteiger partial charge < -0.3 is 5.32 Å². The number of halogens is 3. The second kappa shape index (κ2) is 4.99. The van der Waals surface area contributed by atoms with Crippen molar-refractivity contribution < 1.29 is 13.2 Å². The van der Waals surface area contributed by atoms with E-state index in [9.17, 15) is 13.2 Å². The molecule has 0 aromatic carbocycles. The van der Waals surface area contributed by atoms with E-state index in [0.717, 1.165) is 4.88 Å². The minimum atomic E-state index is -4.15. The first-order valence-corrected chi connectivity index (χ1v) is 5.61. The molecule has 1 unspecified atom stereocenters. The van der Waals surface area contributed by atoms with E-state index in [1.165, 1.54) is 11.3 Å². The fourth-order valence-corrected chi connectivity index (χ4v) is 2.33. The Kier molecular flexibility index (Phi) is 4.16. The van der Waals surface area contributed by atoms with Crippen LogP contribution < -0.4 is 5.32 Å². The molecule has 0 saturated carbocycles. The normalized spacial score (nSPS) is 14.5. The molecule has 0 aliphatic carbocycles. The highest BCUT2D eigenvalue weighted by molar-refractivity contribution is 7.10. The van der Waals surface area contributed by atoms with Crippen molar-refractivity contribution >= 4 is 11.3 Å². The van der Waals surface area contributed by atoms with Gasteiger partial charge in [-0.1, -0.05) is 19.9 Å². The molecule has 1 N–H and O–H groups in total. The first-order valence-electron chi connectivity index (χ1n) is 4.73. The Morgan fingerprint density at radius 2 is 2.07 bits per heavy atom. The topological polar surface area (TPSA) is 12.0 Å². The Balaban J connectivity index is 2.61. The van der Waals surface area contributed by atoms with Crippen LogP contribution in [0.25, 0.3) is 0 Å². The van der Waals surface area contributed by atoms with E-state index in [1.807, 2.05) is 31.4 Å². The first-order chi connectivity index (χ1) is 6.90. The second-order valence-electron chi connectivity index (χ2n) is 3.73. The third-order valence-electron chi connectivity index (χ3n) is 2.04. The van der Waals surface area contributed by atoms with Crippen LogP contribution in [0.2, 0.25) is 0 Å². The van der Waals surface area contributed by atoms with Crippen LogP contribution in [0.3, 0.4) is 0 Å². The Hall–Kier alpha value is -0.550. The van der Waals surface area contributed by atoms with Crippen LogP contribution in [0.1, 0.15) is 24.8 Å². The summed E-state index contributed by atoms with van der Waals surface area (Å²) in [6.45, 7) is 2.88. The van der Waals surface area contributed by atoms with E-state index in [-0.39, 0.29) is 12.0 Å². The maximum Gasteiger partial charge on any atom is 0.401 e. The number of nitrogens with one attached hydrogen (secondary N) is 1. The van der Waals surface area contributed by atoms with Gasteiger partial charge in [0.1, 0.15) is 0 Å². The second-order valence-corrected chi connectivity index (χ2v) is 4.71. The molecule has 1 heterocycles. The number of alkyl halides is 3. The van der Waals surface area contributed by atoms with Gasteiger partial charge in [-0.15, -0.1) is 11.3 Å². The van der Waals surface area contributed by atoms with E-state index in [2.05, 4.69) is 5.32 Å². The van der Waals surface area contributed by atoms with Gasteiger partial charge in [-0.25, -0.2) is 0 Å². The molecule has 0 saturated heterocycles. The fourth-order valence-electron chi connectivity index (χ4n) is 1.36. The van der Waals surface area contributed by atoms with Crippen molar-refractivity contribution in [3.05, 3.63) is 22.4 Å². The minimum absolute atomic E-state index is 0.144. The van der Waals surface area contributed by atoms with Crippen molar-refractivity contribution in [1.82, 2.24) is 5.32 Å². The molecule has 0 spiro atoms. The van der Waals surface area contributed by atoms with E-state index < -0.39 is 12.7 Å². The quantitative estimate of drug-likeness (QED) is 0.843. The lowest BCUT2D eigenvalue weighted by atomic mass is 10.0. The number of thiophene rings is 1. The SMILES string of the molecule is CC(C)C(NCC(F)(F)F)c1cccs1. The zero-order valence-corrected chi connectivity index (χ0v) is 9.45. The Morgan fingerprint density at radius 3 is 2.47 bits per heavy atom. The molecule has 1 aromatic rings. The summed E-state index contributed by atoms with van der Waals surface area (Å²) in [4.78, 5) is 0.953. The van der Waals surface area contributed by atoms with Gasteiger partial charge in [0.25, 0.3) is 0 Å². The molecule has 0 amide bonds. The predicted molar refractivity (Wildman–Crippen MR) is 56.0 cm³/mol. The minimum Gasteiger partial charge on any atom is -0.301 e. The molecule has 1 aromatic heterocycles. The van der Waals surface area contributed by atoms with Gasteiger partial charge in [0.2, 0.25) is 0 Å². The highest BCUT2D eigenvalue weighted by Crippen LogP contribution is 2.26. The predicted octanol–water partition coefficient (Wildman–Crippen LogP) is 3.60. The van der Waals surface area contributed by atoms with Gasteiger partial charge in [-0.05, 0) is 17.4 Å². The molecule has 5 heteroatoms. The Labute approximate surface area is 91.3 Å². The van der Waals surface area contributed by atoms with Gasteiger partial charge in [-0.3, -0.25) is 0 Å². The van der Waals surface area contributed by atoms with Crippen molar-refractivity contribution in [3.63, 3.8) is 0 Å². The molecule has 1 nitrogen and oxygen atoms in total. The van der Waals surface area contributed by atoms with E-state index in [1.54, 1.807) is 0 Å². The smallest absolute Gasteiger partial charge is 0.301 e. The average Bonchev–Trinajstić information content (AvgIpc) is 2.54. The Morgan fingerprint density at radius 1 is 1.40 bits per heavy atom. The summed E-state index contributed by atoms with van der Waals surface area (Å²) in [5.41, 5.74) is 0. The summed E-state index contributed by atoms with van der Waals surface area (Å²) < 4.78 is 36.2. The van der Waals surface area contributed by atoms with Crippen LogP contribution in [0, 0.1) is 5.92 Å². The third-order valence-corrected chi connectivity index (χ3v) is 2.99. The number of rotatable bonds is 4. The third kappa shape index (κ3) is 4.22. The zero-order valence-electron chi connectivity index (χ0n) is 8.64. The summed E-state index contributed by atoms with van der Waals surface area (Å²) in [7, 11) is 0. The van der Waals surface area contributed by atoms with Crippen molar-refractivity contribution in [1.29, 1.82) is 0 Å². The molecular weight excluding hydrogens is 223 g/mol. The molecule has 0 aliphatic heterocycles. The highest BCUT2D eigenvalue weighted by Gasteiger charge is 2.29. The summed E-state index contributed by atoms with van der Waals surface area (Å²) >= 11 is 1.48. The largest absolute Gasteiger partial charge is 0.401 e. The van der Waals surface area contributed by atoms with Gasteiger partial charge in [-0.2, -0.15) is 13.2 Å². The molecule has 86 valence electrons.